The van der Waals surface area contributed by atoms with Gasteiger partial charge in [0, 0.05) is 7.05 Å². The van der Waals surface area contributed by atoms with Crippen LogP contribution in [0.3, 0.4) is 0 Å². The van der Waals surface area contributed by atoms with Crippen LogP contribution in [0.2, 0.25) is 0 Å². The molecule has 0 fully saturated rings. The maximum atomic E-state index is 3.72. The summed E-state index contributed by atoms with van der Waals surface area (Å²) < 4.78 is 0.886. The van der Waals surface area contributed by atoms with Crippen LogP contribution in [-0.4, -0.2) is 7.05 Å². The topological polar surface area (TPSA) is 36.8 Å². The molecule has 0 radical (unpaired) electrons. The van der Waals surface area contributed by atoms with Crippen molar-refractivity contribution >= 4 is 22.6 Å². The molecule has 0 spiro atoms. The van der Waals surface area contributed by atoms with E-state index >= 15 is 0 Å². The third kappa shape index (κ3) is 4.04. The van der Waals surface area contributed by atoms with Crippen molar-refractivity contribution in [3.63, 3.8) is 0 Å². The third-order valence-corrected chi connectivity index (χ3v) is 1.32. The first-order valence-corrected chi connectivity index (χ1v) is 3.28. The average Bonchev–Trinajstić information content (AvgIpc) is 1.83. The van der Waals surface area contributed by atoms with Crippen LogP contribution in [0.25, 0.3) is 0 Å². The second-order valence-electron chi connectivity index (χ2n) is 1.04. The second-order valence-corrected chi connectivity index (χ2v) is 2.14. The lowest BCUT2D eigenvalue weighted by molar-refractivity contribution is 0.818. The minimum atomic E-state index is 0.886. The van der Waals surface area contributed by atoms with Crippen LogP contribution in [0.15, 0.2) is 20.1 Å². The van der Waals surface area contributed by atoms with Gasteiger partial charge in [0.25, 0.3) is 0 Å². The number of allylic oxidation sites excluding steroid dienone is 1. The fraction of sp³-hybridized carbons (Fsp3) is 0.500. The Balaban J connectivity index is 3.53. The average molecular weight is 225 g/mol. The van der Waals surface area contributed by atoms with Crippen molar-refractivity contribution in [1.82, 2.24) is 5.43 Å². The Hall–Kier alpha value is -0.130. The van der Waals surface area contributed by atoms with Crippen LogP contribution in [0.5, 0.6) is 0 Å². The van der Waals surface area contributed by atoms with Crippen LogP contribution in [0, 0.1) is 0 Å². The molecule has 0 aliphatic rings. The molecule has 4 heteroatoms. The molecule has 3 nitrogen and oxygen atoms in total. The predicted molar refractivity (Wildman–Crippen MR) is 41.7 cm³/mol. The highest BCUT2D eigenvalue weighted by Gasteiger charge is 1.77. The fourth-order valence-electron chi connectivity index (χ4n) is 0.156. The van der Waals surface area contributed by atoms with Gasteiger partial charge in [-0.2, -0.15) is 0 Å². The van der Waals surface area contributed by atoms with Gasteiger partial charge in [0.1, 0.15) is 3.70 Å². The SMILES string of the molecule is C/C=C(I)\N=N/NC. The smallest absolute Gasteiger partial charge is 0.121 e. The van der Waals surface area contributed by atoms with Gasteiger partial charge >= 0.3 is 0 Å². The molecular weight excluding hydrogens is 217 g/mol. The summed E-state index contributed by atoms with van der Waals surface area (Å²) in [6.07, 6.45) is 1.88. The van der Waals surface area contributed by atoms with Crippen molar-refractivity contribution in [3.05, 3.63) is 9.78 Å². The van der Waals surface area contributed by atoms with Crippen LogP contribution < -0.4 is 5.43 Å². The van der Waals surface area contributed by atoms with E-state index in [1.807, 2.05) is 13.0 Å². The summed E-state index contributed by atoms with van der Waals surface area (Å²) >= 11 is 2.09. The summed E-state index contributed by atoms with van der Waals surface area (Å²) in [5, 5.41) is 7.26. The zero-order valence-electron chi connectivity index (χ0n) is 4.85. The summed E-state index contributed by atoms with van der Waals surface area (Å²) in [5.74, 6) is 0. The molecule has 0 bridgehead atoms. The van der Waals surface area contributed by atoms with E-state index in [4.69, 9.17) is 0 Å². The van der Waals surface area contributed by atoms with Crippen LogP contribution >= 0.6 is 22.6 Å². The van der Waals surface area contributed by atoms with Gasteiger partial charge in [-0.05, 0) is 29.5 Å². The summed E-state index contributed by atoms with van der Waals surface area (Å²) in [5.41, 5.74) is 2.55. The zero-order valence-corrected chi connectivity index (χ0v) is 7.01. The van der Waals surface area contributed by atoms with Gasteiger partial charge in [0.05, 0.1) is 0 Å². The molecule has 0 aliphatic carbocycles. The highest BCUT2D eigenvalue weighted by atomic mass is 127. The van der Waals surface area contributed by atoms with Crippen molar-refractivity contribution in [1.29, 1.82) is 0 Å². The van der Waals surface area contributed by atoms with Crippen molar-refractivity contribution in [2.75, 3.05) is 7.05 Å². The van der Waals surface area contributed by atoms with Crippen LogP contribution in [-0.2, 0) is 0 Å². The summed E-state index contributed by atoms with van der Waals surface area (Å²) in [6, 6.07) is 0. The van der Waals surface area contributed by atoms with Gasteiger partial charge in [0.15, 0.2) is 0 Å². The van der Waals surface area contributed by atoms with Gasteiger partial charge in [0.2, 0.25) is 0 Å². The lowest BCUT2D eigenvalue weighted by Gasteiger charge is -1.82. The molecule has 0 rings (SSSR count). The maximum absolute atomic E-state index is 3.72. The molecule has 8 heavy (non-hydrogen) atoms. The van der Waals surface area contributed by atoms with E-state index in [0.717, 1.165) is 3.70 Å². The first kappa shape index (κ1) is 7.87. The Morgan fingerprint density at radius 3 is 2.75 bits per heavy atom. The molecule has 0 aromatic rings. The molecule has 0 saturated heterocycles. The molecule has 0 heterocycles. The Bertz CT molecular complexity index is 108. The Morgan fingerprint density at radius 2 is 2.38 bits per heavy atom. The van der Waals surface area contributed by atoms with E-state index in [1.54, 1.807) is 7.05 Å². The number of hydrogen-bond acceptors (Lipinski definition) is 2. The minimum Gasteiger partial charge on any atom is -0.294 e. The largest absolute Gasteiger partial charge is 0.294 e. The Kier molecular flexibility index (Phi) is 4.93. The summed E-state index contributed by atoms with van der Waals surface area (Å²) in [6.45, 7) is 1.91. The quantitative estimate of drug-likeness (QED) is 0.331. The maximum Gasteiger partial charge on any atom is 0.121 e. The summed E-state index contributed by atoms with van der Waals surface area (Å²) in [4.78, 5) is 0. The lowest BCUT2D eigenvalue weighted by atomic mass is 10.7. The molecule has 0 unspecified atom stereocenters. The molecule has 0 atom stereocenters. The van der Waals surface area contributed by atoms with Crippen molar-refractivity contribution in [3.8, 4) is 0 Å². The summed E-state index contributed by atoms with van der Waals surface area (Å²) in [7, 11) is 1.71. The molecular formula is C4H8IN3. The van der Waals surface area contributed by atoms with Crippen LogP contribution in [0.1, 0.15) is 6.92 Å². The van der Waals surface area contributed by atoms with E-state index in [9.17, 15) is 0 Å². The standard InChI is InChI=1S/C4H8IN3/c1-3-4(5)7-8-6-2/h3H,1-2H3,(H,6,7)/b4-3-. The number of rotatable bonds is 2. The monoisotopic (exact) mass is 225 g/mol. The van der Waals surface area contributed by atoms with Crippen LogP contribution in [0.4, 0.5) is 0 Å². The van der Waals surface area contributed by atoms with Gasteiger partial charge < -0.3 is 0 Å². The first-order valence-electron chi connectivity index (χ1n) is 2.20. The highest BCUT2D eigenvalue weighted by Crippen LogP contribution is 2.05. The Labute approximate surface area is 62.4 Å². The van der Waals surface area contributed by atoms with Gasteiger partial charge in [-0.3, -0.25) is 5.43 Å². The van der Waals surface area contributed by atoms with Crippen molar-refractivity contribution in [2.45, 2.75) is 6.92 Å². The van der Waals surface area contributed by atoms with Crippen molar-refractivity contribution < 1.29 is 0 Å². The number of hydrogen-bond donors (Lipinski definition) is 1. The van der Waals surface area contributed by atoms with Gasteiger partial charge in [-0.15, -0.1) is 5.11 Å². The highest BCUT2D eigenvalue weighted by molar-refractivity contribution is 14.1. The van der Waals surface area contributed by atoms with E-state index in [1.165, 1.54) is 0 Å². The fourth-order valence-corrected chi connectivity index (χ4v) is 0.263. The molecule has 0 saturated carbocycles. The molecule has 0 aromatic carbocycles. The third-order valence-electron chi connectivity index (χ3n) is 0.484. The molecule has 0 aromatic heterocycles. The van der Waals surface area contributed by atoms with Crippen molar-refractivity contribution in [2.24, 2.45) is 10.3 Å². The van der Waals surface area contributed by atoms with E-state index in [-0.39, 0.29) is 0 Å². The second kappa shape index (κ2) is 5.02. The number of halogens is 1. The normalized spacial score (nSPS) is 12.6. The zero-order chi connectivity index (χ0) is 6.41. The number of nitrogens with zero attached hydrogens (tertiary/aromatic N) is 2. The molecule has 1 N–H and O–H groups in total. The van der Waals surface area contributed by atoms with E-state index < -0.39 is 0 Å². The first-order chi connectivity index (χ1) is 3.81. The van der Waals surface area contributed by atoms with E-state index in [0.29, 0.717) is 0 Å². The Morgan fingerprint density at radius 1 is 1.75 bits per heavy atom. The molecule has 0 aliphatic heterocycles. The molecule has 46 valence electrons. The minimum absolute atomic E-state index is 0.886. The van der Waals surface area contributed by atoms with Gasteiger partial charge in [-0.1, -0.05) is 11.3 Å². The van der Waals surface area contributed by atoms with E-state index in [2.05, 4.69) is 38.4 Å². The number of nitrogens with one attached hydrogen (secondary N) is 1. The predicted octanol–water partition coefficient (Wildman–Crippen LogP) is 1.87. The lowest BCUT2D eigenvalue weighted by Crippen LogP contribution is -1.89. The molecule has 0 amide bonds. The van der Waals surface area contributed by atoms with Gasteiger partial charge in [-0.25, -0.2) is 0 Å².